The molecule has 0 fully saturated rings. The molecule has 0 spiro atoms. The summed E-state index contributed by atoms with van der Waals surface area (Å²) in [6.07, 6.45) is 0. The van der Waals surface area contributed by atoms with E-state index in [1.165, 1.54) is 0 Å². The maximum Gasteiger partial charge on any atom is 0.155 e. The fourth-order valence-electron chi connectivity index (χ4n) is 2.89. The van der Waals surface area contributed by atoms with Gasteiger partial charge in [0.25, 0.3) is 0 Å². The monoisotopic (exact) mass is 418 g/mol. The summed E-state index contributed by atoms with van der Waals surface area (Å²) in [5.74, 6) is 1.25. The minimum Gasteiger partial charge on any atom is -0.382 e. The first-order valence-electron chi connectivity index (χ1n) is 9.80. The molecule has 2 N–H and O–H groups in total. The zero-order valence-electron chi connectivity index (χ0n) is 16.9. The Morgan fingerprint density at radius 1 is 0.469 bits per heavy atom. The van der Waals surface area contributed by atoms with Crippen molar-refractivity contribution in [1.82, 2.24) is 0 Å². The van der Waals surface area contributed by atoms with E-state index in [1.54, 1.807) is 48.5 Å². The van der Waals surface area contributed by atoms with Crippen molar-refractivity contribution in [3.8, 4) is 34.8 Å². The van der Waals surface area contributed by atoms with Crippen LogP contribution >= 0.6 is 0 Å². The molecule has 4 aromatic rings. The molecular formula is C26H18N4O2. The minimum atomic E-state index is 0.587. The number of nitrogens with one attached hydrogen (secondary N) is 2. The topological polar surface area (TPSA) is 90.1 Å². The normalized spacial score (nSPS) is 9.81. The number of anilines is 2. The van der Waals surface area contributed by atoms with Gasteiger partial charge in [0.05, 0.1) is 34.6 Å². The van der Waals surface area contributed by atoms with Gasteiger partial charge in [-0.15, -0.1) is 0 Å². The highest BCUT2D eigenvalue weighted by Crippen LogP contribution is 2.24. The highest BCUT2D eigenvalue weighted by atomic mass is 16.6. The van der Waals surface area contributed by atoms with Gasteiger partial charge in [-0.1, -0.05) is 24.3 Å². The fourth-order valence-corrected chi connectivity index (χ4v) is 2.89. The second-order valence-corrected chi connectivity index (χ2v) is 6.84. The average molecular weight is 418 g/mol. The van der Waals surface area contributed by atoms with Crippen LogP contribution in [-0.2, 0) is 0 Å². The smallest absolute Gasteiger partial charge is 0.155 e. The standard InChI is InChI=1S/C26H18N4O2/c27-17-19-1-13-25(14-2-19)31-29-23-9-5-21(6-10-23)22-7-11-24(12-8-22)30-32-26-15-3-20(18-28)4-16-26/h1-16,29-30H. The zero-order chi connectivity index (χ0) is 22.2. The molecule has 4 rings (SSSR count). The van der Waals surface area contributed by atoms with Gasteiger partial charge in [-0.05, 0) is 83.9 Å². The van der Waals surface area contributed by atoms with Crippen molar-refractivity contribution < 1.29 is 9.68 Å². The molecule has 0 bridgehead atoms. The van der Waals surface area contributed by atoms with Crippen molar-refractivity contribution in [1.29, 1.82) is 10.5 Å². The predicted molar refractivity (Wildman–Crippen MR) is 123 cm³/mol. The summed E-state index contributed by atoms with van der Waals surface area (Å²) in [5, 5.41) is 17.7. The molecule has 0 radical (unpaired) electrons. The van der Waals surface area contributed by atoms with E-state index in [9.17, 15) is 0 Å². The molecule has 0 aliphatic heterocycles. The third-order valence-electron chi connectivity index (χ3n) is 4.64. The largest absolute Gasteiger partial charge is 0.382 e. The maximum absolute atomic E-state index is 8.84. The summed E-state index contributed by atoms with van der Waals surface area (Å²) in [7, 11) is 0. The summed E-state index contributed by atoms with van der Waals surface area (Å²) in [5.41, 5.74) is 10.7. The average Bonchev–Trinajstić information content (AvgIpc) is 2.87. The van der Waals surface area contributed by atoms with Crippen LogP contribution in [0.2, 0.25) is 0 Å². The second kappa shape index (κ2) is 9.71. The number of rotatable bonds is 7. The van der Waals surface area contributed by atoms with Gasteiger partial charge in [-0.2, -0.15) is 10.5 Å². The fraction of sp³-hybridized carbons (Fsp3) is 0. The molecule has 0 saturated carbocycles. The van der Waals surface area contributed by atoms with Crippen molar-refractivity contribution in [3.63, 3.8) is 0 Å². The Morgan fingerprint density at radius 3 is 1.12 bits per heavy atom. The highest BCUT2D eigenvalue weighted by Gasteiger charge is 2.01. The minimum absolute atomic E-state index is 0.587. The second-order valence-electron chi connectivity index (χ2n) is 6.84. The number of hydrogen-bond acceptors (Lipinski definition) is 6. The summed E-state index contributed by atoms with van der Waals surface area (Å²) in [6.45, 7) is 0. The Hall–Kier alpha value is -4.94. The molecular weight excluding hydrogens is 400 g/mol. The van der Waals surface area contributed by atoms with Gasteiger partial charge in [0.1, 0.15) is 0 Å². The van der Waals surface area contributed by atoms with Gasteiger partial charge in [0.15, 0.2) is 11.5 Å². The lowest BCUT2D eigenvalue weighted by molar-refractivity contribution is 0.405. The van der Waals surface area contributed by atoms with E-state index in [2.05, 4.69) is 23.1 Å². The van der Waals surface area contributed by atoms with Crippen molar-refractivity contribution in [2.75, 3.05) is 11.0 Å². The Balaban J connectivity index is 1.32. The SMILES string of the molecule is N#Cc1ccc(ONc2ccc(-c3ccc(NOc4ccc(C#N)cc4)cc3)cc2)cc1. The van der Waals surface area contributed by atoms with Crippen molar-refractivity contribution in [3.05, 3.63) is 108 Å². The third kappa shape index (κ3) is 5.15. The summed E-state index contributed by atoms with van der Waals surface area (Å²) in [4.78, 5) is 11.1. The lowest BCUT2D eigenvalue weighted by atomic mass is 10.1. The van der Waals surface area contributed by atoms with E-state index in [0.717, 1.165) is 22.5 Å². The van der Waals surface area contributed by atoms with Crippen LogP contribution in [0, 0.1) is 22.7 Å². The van der Waals surface area contributed by atoms with Gasteiger partial charge in [-0.25, -0.2) is 11.0 Å². The van der Waals surface area contributed by atoms with Crippen LogP contribution in [0.15, 0.2) is 97.1 Å². The molecule has 154 valence electrons. The number of benzene rings is 4. The van der Waals surface area contributed by atoms with Gasteiger partial charge >= 0.3 is 0 Å². The van der Waals surface area contributed by atoms with E-state index in [-0.39, 0.29) is 0 Å². The molecule has 0 heterocycles. The van der Waals surface area contributed by atoms with E-state index in [0.29, 0.717) is 22.6 Å². The number of nitrogens with zero attached hydrogens (tertiary/aromatic N) is 2. The predicted octanol–water partition coefficient (Wildman–Crippen LogP) is 5.91. The first kappa shape index (κ1) is 20.3. The maximum atomic E-state index is 8.84. The van der Waals surface area contributed by atoms with Crippen molar-refractivity contribution in [2.24, 2.45) is 0 Å². The third-order valence-corrected chi connectivity index (χ3v) is 4.64. The lowest BCUT2D eigenvalue weighted by Crippen LogP contribution is -2.04. The Bertz CT molecular complexity index is 1150. The molecule has 0 amide bonds. The van der Waals surface area contributed by atoms with Crippen molar-refractivity contribution in [2.45, 2.75) is 0 Å². The van der Waals surface area contributed by atoms with Gasteiger partial charge in [0.2, 0.25) is 0 Å². The molecule has 0 atom stereocenters. The van der Waals surface area contributed by atoms with E-state index < -0.39 is 0 Å². The molecule has 0 saturated heterocycles. The Morgan fingerprint density at radius 2 is 0.812 bits per heavy atom. The molecule has 0 aliphatic rings. The van der Waals surface area contributed by atoms with Crippen LogP contribution in [0.3, 0.4) is 0 Å². The Kier molecular flexibility index (Phi) is 6.17. The first-order valence-corrected chi connectivity index (χ1v) is 9.80. The molecule has 0 unspecified atom stereocenters. The molecule has 4 aromatic carbocycles. The lowest BCUT2D eigenvalue weighted by Gasteiger charge is -2.10. The van der Waals surface area contributed by atoms with Gasteiger partial charge in [-0.3, -0.25) is 0 Å². The van der Waals surface area contributed by atoms with E-state index in [4.69, 9.17) is 20.2 Å². The molecule has 0 aromatic heterocycles. The number of hydrogen-bond donors (Lipinski definition) is 2. The molecule has 32 heavy (non-hydrogen) atoms. The van der Waals surface area contributed by atoms with E-state index in [1.807, 2.05) is 48.5 Å². The molecule has 6 heteroatoms. The van der Waals surface area contributed by atoms with Crippen LogP contribution in [0.1, 0.15) is 11.1 Å². The zero-order valence-corrected chi connectivity index (χ0v) is 16.9. The summed E-state index contributed by atoms with van der Waals surface area (Å²) >= 11 is 0. The van der Waals surface area contributed by atoms with Gasteiger partial charge < -0.3 is 9.68 Å². The summed E-state index contributed by atoms with van der Waals surface area (Å²) < 4.78 is 0. The quantitative estimate of drug-likeness (QED) is 0.363. The molecule has 0 aliphatic carbocycles. The Labute approximate surface area is 185 Å². The first-order chi connectivity index (χ1) is 15.7. The summed E-state index contributed by atoms with van der Waals surface area (Å²) in [6, 6.07) is 33.6. The number of nitriles is 2. The van der Waals surface area contributed by atoms with Crippen LogP contribution in [0.5, 0.6) is 11.5 Å². The van der Waals surface area contributed by atoms with E-state index >= 15 is 0 Å². The van der Waals surface area contributed by atoms with Crippen molar-refractivity contribution >= 4 is 11.4 Å². The van der Waals surface area contributed by atoms with Crippen LogP contribution < -0.4 is 20.6 Å². The van der Waals surface area contributed by atoms with Crippen LogP contribution in [0.4, 0.5) is 11.4 Å². The van der Waals surface area contributed by atoms with Crippen LogP contribution in [-0.4, -0.2) is 0 Å². The highest BCUT2D eigenvalue weighted by molar-refractivity contribution is 5.67. The van der Waals surface area contributed by atoms with Gasteiger partial charge in [0, 0.05) is 0 Å². The molecule has 6 nitrogen and oxygen atoms in total. The van der Waals surface area contributed by atoms with Crippen LogP contribution in [0.25, 0.3) is 11.1 Å².